The maximum absolute atomic E-state index is 10.5. The third kappa shape index (κ3) is 4.58. The zero-order valence-corrected chi connectivity index (χ0v) is 16.3. The molecule has 0 amide bonds. The molecule has 4 N–H and O–H groups in total. The first-order valence-corrected chi connectivity index (χ1v) is 9.16. The van der Waals surface area contributed by atoms with Crippen LogP contribution in [0.3, 0.4) is 0 Å². The Bertz CT molecular complexity index is 917. The number of aliphatic hydroxyl groups is 1. The van der Waals surface area contributed by atoms with Crippen molar-refractivity contribution < 1.29 is 9.52 Å². The van der Waals surface area contributed by atoms with Gasteiger partial charge in [-0.2, -0.15) is 5.10 Å². The Labute approximate surface area is 163 Å². The summed E-state index contributed by atoms with van der Waals surface area (Å²) in [6, 6.07) is 3.48. The number of guanidine groups is 1. The maximum Gasteiger partial charge on any atom is 0.191 e. The number of aryl methyl sites for hydroxylation is 1. The lowest BCUT2D eigenvalue weighted by atomic mass is 10.0. The molecule has 10 heteroatoms. The Hall–Kier alpha value is -3.14. The quantitative estimate of drug-likeness (QED) is 0.255. The van der Waals surface area contributed by atoms with Crippen LogP contribution in [0.25, 0.3) is 11.0 Å². The third-order valence-corrected chi connectivity index (χ3v) is 4.18. The fourth-order valence-electron chi connectivity index (χ4n) is 2.70. The van der Waals surface area contributed by atoms with Gasteiger partial charge in [0.2, 0.25) is 0 Å². The molecule has 0 radical (unpaired) electrons. The van der Waals surface area contributed by atoms with Gasteiger partial charge in [-0.1, -0.05) is 0 Å². The van der Waals surface area contributed by atoms with Crippen LogP contribution in [-0.2, 0) is 12.6 Å². The van der Waals surface area contributed by atoms with Crippen LogP contribution in [0.4, 0.5) is 5.82 Å². The average Bonchev–Trinajstić information content (AvgIpc) is 3.34. The lowest BCUT2D eigenvalue weighted by Crippen LogP contribution is -2.40. The second kappa shape index (κ2) is 8.70. The number of hydrogen-bond acceptors (Lipinski definition) is 7. The standard InChI is InChI=1S/C18H26N8O2/c1-4-19-17(22-11-18(2,27)14-6-5-9-28-14)21-8-7-20-15-13-10-25-26(3)16(13)24-12-23-15/h5-6,9-10,12,27H,4,7-8,11H2,1-3H3,(H2,19,21,22)(H,20,23,24). The molecule has 10 nitrogen and oxygen atoms in total. The second-order valence-electron chi connectivity index (χ2n) is 6.53. The monoisotopic (exact) mass is 386 g/mol. The van der Waals surface area contributed by atoms with E-state index in [-0.39, 0.29) is 6.54 Å². The Balaban J connectivity index is 1.54. The molecule has 0 aliphatic heterocycles. The van der Waals surface area contributed by atoms with Crippen molar-refractivity contribution in [2.75, 3.05) is 31.5 Å². The van der Waals surface area contributed by atoms with Crippen LogP contribution < -0.4 is 16.0 Å². The molecule has 28 heavy (non-hydrogen) atoms. The van der Waals surface area contributed by atoms with E-state index < -0.39 is 5.60 Å². The van der Waals surface area contributed by atoms with Gasteiger partial charge >= 0.3 is 0 Å². The van der Waals surface area contributed by atoms with Crippen molar-refractivity contribution in [2.45, 2.75) is 19.4 Å². The van der Waals surface area contributed by atoms with E-state index in [4.69, 9.17) is 4.42 Å². The number of rotatable bonds is 8. The summed E-state index contributed by atoms with van der Waals surface area (Å²) in [5.41, 5.74) is -0.391. The van der Waals surface area contributed by atoms with Crippen LogP contribution in [0.1, 0.15) is 19.6 Å². The third-order valence-electron chi connectivity index (χ3n) is 4.18. The SMILES string of the molecule is CCNC(=NCC(C)(O)c1ccco1)NCCNc1ncnc2c1cnn2C. The number of aromatic nitrogens is 4. The average molecular weight is 386 g/mol. The van der Waals surface area contributed by atoms with E-state index in [1.165, 1.54) is 12.6 Å². The van der Waals surface area contributed by atoms with Crippen LogP contribution in [0.15, 0.2) is 40.3 Å². The van der Waals surface area contributed by atoms with Gasteiger partial charge in [0, 0.05) is 26.7 Å². The summed E-state index contributed by atoms with van der Waals surface area (Å²) in [4.78, 5) is 13.0. The van der Waals surface area contributed by atoms with Crippen molar-refractivity contribution in [1.82, 2.24) is 30.4 Å². The lowest BCUT2D eigenvalue weighted by Gasteiger charge is -2.19. The molecule has 0 saturated heterocycles. The molecule has 0 aromatic carbocycles. The molecule has 3 rings (SSSR count). The first-order valence-electron chi connectivity index (χ1n) is 9.16. The highest BCUT2D eigenvalue weighted by Crippen LogP contribution is 2.21. The van der Waals surface area contributed by atoms with E-state index in [0.29, 0.717) is 31.4 Å². The van der Waals surface area contributed by atoms with E-state index in [1.807, 2.05) is 14.0 Å². The largest absolute Gasteiger partial charge is 0.466 e. The number of hydrogen-bond donors (Lipinski definition) is 4. The minimum atomic E-state index is -1.17. The van der Waals surface area contributed by atoms with Gasteiger partial charge in [-0.05, 0) is 26.0 Å². The normalized spacial score (nSPS) is 14.1. The van der Waals surface area contributed by atoms with Crippen LogP contribution in [0.5, 0.6) is 0 Å². The van der Waals surface area contributed by atoms with Gasteiger partial charge < -0.3 is 25.5 Å². The van der Waals surface area contributed by atoms with Crippen molar-refractivity contribution in [1.29, 1.82) is 0 Å². The first-order chi connectivity index (χ1) is 13.5. The van der Waals surface area contributed by atoms with Crippen molar-refractivity contribution >= 4 is 22.8 Å². The number of nitrogens with one attached hydrogen (secondary N) is 3. The molecule has 3 aromatic heterocycles. The highest BCUT2D eigenvalue weighted by Gasteiger charge is 2.26. The summed E-state index contributed by atoms with van der Waals surface area (Å²) < 4.78 is 7.00. The van der Waals surface area contributed by atoms with E-state index in [1.54, 1.807) is 29.9 Å². The Morgan fingerprint density at radius 1 is 1.32 bits per heavy atom. The van der Waals surface area contributed by atoms with Gasteiger partial charge in [-0.25, -0.2) is 15.0 Å². The molecule has 3 heterocycles. The Kier molecular flexibility index (Phi) is 6.09. The smallest absolute Gasteiger partial charge is 0.191 e. The minimum absolute atomic E-state index is 0.172. The lowest BCUT2D eigenvalue weighted by molar-refractivity contribution is 0.0437. The molecule has 150 valence electrons. The van der Waals surface area contributed by atoms with Gasteiger partial charge in [-0.3, -0.25) is 4.68 Å². The minimum Gasteiger partial charge on any atom is -0.466 e. The van der Waals surface area contributed by atoms with Gasteiger partial charge in [0.25, 0.3) is 0 Å². The van der Waals surface area contributed by atoms with Crippen molar-refractivity contribution in [2.24, 2.45) is 12.0 Å². The molecule has 0 bridgehead atoms. The predicted octanol–water partition coefficient (Wildman–Crippen LogP) is 0.831. The van der Waals surface area contributed by atoms with Crippen LogP contribution >= 0.6 is 0 Å². The Morgan fingerprint density at radius 3 is 2.93 bits per heavy atom. The predicted molar refractivity (Wildman–Crippen MR) is 107 cm³/mol. The zero-order valence-electron chi connectivity index (χ0n) is 16.3. The topological polar surface area (TPSA) is 125 Å². The van der Waals surface area contributed by atoms with Gasteiger partial charge in [0.1, 0.15) is 23.5 Å². The van der Waals surface area contributed by atoms with Gasteiger partial charge in [-0.15, -0.1) is 0 Å². The van der Waals surface area contributed by atoms with E-state index >= 15 is 0 Å². The fraction of sp³-hybridized carbons (Fsp3) is 0.444. The molecule has 0 saturated carbocycles. The summed E-state index contributed by atoms with van der Waals surface area (Å²) in [5.74, 6) is 1.84. The second-order valence-corrected chi connectivity index (χ2v) is 6.53. The Morgan fingerprint density at radius 2 is 2.18 bits per heavy atom. The summed E-state index contributed by atoms with van der Waals surface area (Å²) in [5, 5.41) is 25.3. The maximum atomic E-state index is 10.5. The number of anilines is 1. The highest BCUT2D eigenvalue weighted by molar-refractivity contribution is 5.86. The number of aliphatic imine (C=N–C) groups is 1. The van der Waals surface area contributed by atoms with E-state index in [9.17, 15) is 5.11 Å². The molecule has 0 fully saturated rings. The number of fused-ring (bicyclic) bond motifs is 1. The number of furan rings is 1. The van der Waals surface area contributed by atoms with Gasteiger partial charge in [0.05, 0.1) is 24.4 Å². The molecule has 1 unspecified atom stereocenters. The summed E-state index contributed by atoms with van der Waals surface area (Å²) >= 11 is 0. The molecular formula is C18H26N8O2. The molecule has 1 atom stereocenters. The highest BCUT2D eigenvalue weighted by atomic mass is 16.4. The zero-order chi connectivity index (χ0) is 20.0. The van der Waals surface area contributed by atoms with Crippen molar-refractivity contribution in [3.05, 3.63) is 36.7 Å². The molecular weight excluding hydrogens is 360 g/mol. The summed E-state index contributed by atoms with van der Waals surface area (Å²) in [6.07, 6.45) is 4.80. The van der Waals surface area contributed by atoms with Crippen molar-refractivity contribution in [3.8, 4) is 0 Å². The molecule has 3 aromatic rings. The van der Waals surface area contributed by atoms with Crippen LogP contribution in [-0.4, -0.2) is 57.0 Å². The van der Waals surface area contributed by atoms with E-state index in [0.717, 1.165) is 16.9 Å². The molecule has 0 spiro atoms. The fourth-order valence-corrected chi connectivity index (χ4v) is 2.70. The van der Waals surface area contributed by atoms with Gasteiger partial charge in [0.15, 0.2) is 11.6 Å². The molecule has 0 aliphatic rings. The first kappa shape index (κ1) is 19.6. The van der Waals surface area contributed by atoms with Crippen LogP contribution in [0, 0.1) is 0 Å². The van der Waals surface area contributed by atoms with Crippen LogP contribution in [0.2, 0.25) is 0 Å². The van der Waals surface area contributed by atoms with Crippen molar-refractivity contribution in [3.63, 3.8) is 0 Å². The summed E-state index contributed by atoms with van der Waals surface area (Å²) in [7, 11) is 1.84. The molecule has 0 aliphatic carbocycles. The summed E-state index contributed by atoms with van der Waals surface area (Å²) in [6.45, 7) is 5.78. The number of nitrogens with zero attached hydrogens (tertiary/aromatic N) is 5. The van der Waals surface area contributed by atoms with E-state index in [2.05, 4.69) is 36.0 Å².